The van der Waals surface area contributed by atoms with Gasteiger partial charge in [0.2, 0.25) is 0 Å². The first-order valence-electron chi connectivity index (χ1n) is 10.3. The van der Waals surface area contributed by atoms with E-state index in [4.69, 9.17) is 14.2 Å². The molecule has 0 bridgehead atoms. The molecule has 10 heteroatoms. The molecule has 2 amide bonds. The van der Waals surface area contributed by atoms with Crippen molar-refractivity contribution < 1.29 is 28.6 Å². The maximum atomic E-state index is 13.2. The summed E-state index contributed by atoms with van der Waals surface area (Å²) in [6.07, 6.45) is 5.12. The van der Waals surface area contributed by atoms with Gasteiger partial charge < -0.3 is 24.4 Å². The van der Waals surface area contributed by atoms with Crippen LogP contribution in [0.1, 0.15) is 40.1 Å². The summed E-state index contributed by atoms with van der Waals surface area (Å²) in [6.45, 7) is 0.234. The lowest BCUT2D eigenvalue weighted by atomic mass is 9.94. The van der Waals surface area contributed by atoms with Crippen molar-refractivity contribution >= 4 is 23.5 Å². The molecule has 0 radical (unpaired) electrons. The highest BCUT2D eigenvalue weighted by molar-refractivity contribution is 6.04. The van der Waals surface area contributed by atoms with Crippen molar-refractivity contribution in [2.45, 2.75) is 37.5 Å². The summed E-state index contributed by atoms with van der Waals surface area (Å²) < 4.78 is 16.7. The van der Waals surface area contributed by atoms with E-state index in [-0.39, 0.29) is 48.8 Å². The van der Waals surface area contributed by atoms with Crippen LogP contribution in [0.25, 0.3) is 0 Å². The summed E-state index contributed by atoms with van der Waals surface area (Å²) >= 11 is 0. The Hall–Kier alpha value is -3.53. The molecular formula is C22H24N4O6. The molecule has 0 aliphatic carbocycles. The average Bonchev–Trinajstić information content (AvgIpc) is 2.82. The Morgan fingerprint density at radius 1 is 1.28 bits per heavy atom. The predicted octanol–water partition coefficient (Wildman–Crippen LogP) is 1.67. The molecule has 0 spiro atoms. The van der Waals surface area contributed by atoms with E-state index in [1.165, 1.54) is 25.7 Å². The average molecular weight is 440 g/mol. The number of anilines is 1. The molecule has 2 aliphatic rings. The minimum absolute atomic E-state index is 0.169. The highest BCUT2D eigenvalue weighted by Gasteiger charge is 2.39. The summed E-state index contributed by atoms with van der Waals surface area (Å²) in [4.78, 5) is 46.7. The minimum Gasteiger partial charge on any atom is -0.490 e. The Morgan fingerprint density at radius 2 is 2.12 bits per heavy atom. The van der Waals surface area contributed by atoms with E-state index in [1.807, 2.05) is 0 Å². The van der Waals surface area contributed by atoms with Gasteiger partial charge in [-0.15, -0.1) is 0 Å². The lowest BCUT2D eigenvalue weighted by Gasteiger charge is -2.42. The second-order valence-electron chi connectivity index (χ2n) is 7.70. The summed E-state index contributed by atoms with van der Waals surface area (Å²) in [5.74, 6) is -0.592. The molecule has 0 saturated carbocycles. The molecule has 3 atom stereocenters. The number of hydrogen-bond acceptors (Lipinski definition) is 8. The van der Waals surface area contributed by atoms with Gasteiger partial charge in [-0.05, 0) is 31.0 Å². The molecule has 1 aromatic carbocycles. The minimum atomic E-state index is -0.428. The molecule has 1 N–H and O–H groups in total. The molecule has 32 heavy (non-hydrogen) atoms. The predicted molar refractivity (Wildman–Crippen MR) is 112 cm³/mol. The van der Waals surface area contributed by atoms with E-state index >= 15 is 0 Å². The molecule has 1 fully saturated rings. The molecular weight excluding hydrogens is 416 g/mol. The lowest BCUT2D eigenvalue weighted by molar-refractivity contribution is -0.151. The number of amides is 2. The van der Waals surface area contributed by atoms with Gasteiger partial charge in [0, 0.05) is 25.1 Å². The van der Waals surface area contributed by atoms with Crippen LogP contribution >= 0.6 is 0 Å². The number of likely N-dealkylation sites (N-methyl/N-ethyl adjacent to an activating group) is 1. The largest absolute Gasteiger partial charge is 0.490 e. The van der Waals surface area contributed by atoms with E-state index in [2.05, 4.69) is 15.3 Å². The van der Waals surface area contributed by atoms with Gasteiger partial charge >= 0.3 is 5.97 Å². The van der Waals surface area contributed by atoms with Crippen molar-refractivity contribution in [2.75, 3.05) is 26.1 Å². The number of benzene rings is 1. The third-order valence-corrected chi connectivity index (χ3v) is 5.69. The number of nitrogens with one attached hydrogen (secondary N) is 1. The number of fused-ring (bicyclic) bond motifs is 2. The third-order valence-electron chi connectivity index (χ3n) is 5.69. The maximum absolute atomic E-state index is 13.2. The summed E-state index contributed by atoms with van der Waals surface area (Å²) in [7, 11) is 3.07. The number of methoxy groups -OCH3 is 1. The zero-order valence-electron chi connectivity index (χ0n) is 17.8. The van der Waals surface area contributed by atoms with Crippen LogP contribution in [-0.4, -0.2) is 71.7 Å². The Bertz CT molecular complexity index is 1010. The van der Waals surface area contributed by atoms with Crippen LogP contribution in [0.4, 0.5) is 5.69 Å². The zero-order valence-corrected chi connectivity index (χ0v) is 17.8. The first-order valence-corrected chi connectivity index (χ1v) is 10.3. The van der Waals surface area contributed by atoms with E-state index < -0.39 is 5.91 Å². The topological polar surface area (TPSA) is 120 Å². The number of hydrogen-bond donors (Lipinski definition) is 1. The molecule has 1 saturated heterocycles. The fourth-order valence-electron chi connectivity index (χ4n) is 3.99. The first kappa shape index (κ1) is 21.7. The highest BCUT2D eigenvalue weighted by Crippen LogP contribution is 2.32. The van der Waals surface area contributed by atoms with E-state index in [9.17, 15) is 14.4 Å². The number of nitrogens with zero attached hydrogens (tertiary/aromatic N) is 3. The fraction of sp³-hybridized carbons (Fsp3) is 0.409. The standard InChI is InChI=1S/C22H24N4O6/c1-26-17-5-4-14(10-20(27)30-2)32-19(17)12-31-18-6-3-13(9-15(18)22(26)29)25-21(28)16-11-23-7-8-24-16/h3,6-9,11,14,17,19H,4-5,10,12H2,1-2H3,(H,25,28)/t14-,17-,19+/m1/s1. The molecule has 2 aliphatic heterocycles. The van der Waals surface area contributed by atoms with Crippen LogP contribution in [0.15, 0.2) is 36.8 Å². The number of carbonyl (C=O) groups is 3. The zero-order chi connectivity index (χ0) is 22.7. The van der Waals surface area contributed by atoms with Crippen LogP contribution in [-0.2, 0) is 14.3 Å². The number of ether oxygens (including phenoxy) is 3. The Labute approximate surface area is 184 Å². The van der Waals surface area contributed by atoms with Gasteiger partial charge in [0.05, 0.1) is 37.4 Å². The van der Waals surface area contributed by atoms with Crippen molar-refractivity contribution in [3.05, 3.63) is 48.0 Å². The van der Waals surface area contributed by atoms with Gasteiger partial charge in [0.15, 0.2) is 0 Å². The van der Waals surface area contributed by atoms with Gasteiger partial charge in [-0.25, -0.2) is 4.98 Å². The Balaban J connectivity index is 1.52. The van der Waals surface area contributed by atoms with E-state index in [0.29, 0.717) is 29.8 Å². The molecule has 4 rings (SSSR count). The van der Waals surface area contributed by atoms with E-state index in [0.717, 1.165) is 0 Å². The highest BCUT2D eigenvalue weighted by atomic mass is 16.5. The second-order valence-corrected chi connectivity index (χ2v) is 7.70. The SMILES string of the molecule is COC(=O)C[C@H]1CC[C@@H]2[C@H](COc3ccc(NC(=O)c4cnccn4)cc3C(=O)N2C)O1. The first-order chi connectivity index (χ1) is 15.5. The number of rotatable bonds is 4. The van der Waals surface area contributed by atoms with Gasteiger partial charge in [0.25, 0.3) is 11.8 Å². The summed E-state index contributed by atoms with van der Waals surface area (Å²) in [6, 6.07) is 4.69. The second kappa shape index (κ2) is 9.31. The normalized spacial score (nSPS) is 22.5. The van der Waals surface area contributed by atoms with Crippen molar-refractivity contribution in [1.82, 2.24) is 14.9 Å². The van der Waals surface area contributed by atoms with Crippen LogP contribution in [0.5, 0.6) is 5.75 Å². The molecule has 1 aromatic heterocycles. The Morgan fingerprint density at radius 3 is 2.88 bits per heavy atom. The quantitative estimate of drug-likeness (QED) is 0.713. The summed E-state index contributed by atoms with van der Waals surface area (Å²) in [5, 5.41) is 2.73. The van der Waals surface area contributed by atoms with Gasteiger partial charge in [0.1, 0.15) is 24.2 Å². The van der Waals surface area contributed by atoms with Crippen LogP contribution in [0.3, 0.4) is 0 Å². The molecule has 2 aromatic rings. The monoisotopic (exact) mass is 440 g/mol. The van der Waals surface area contributed by atoms with Crippen molar-refractivity contribution in [3.8, 4) is 5.75 Å². The van der Waals surface area contributed by atoms with Crippen LogP contribution < -0.4 is 10.1 Å². The molecule has 10 nitrogen and oxygen atoms in total. The maximum Gasteiger partial charge on any atom is 0.308 e. The number of esters is 1. The molecule has 0 unspecified atom stereocenters. The fourth-order valence-corrected chi connectivity index (χ4v) is 3.99. The van der Waals surface area contributed by atoms with Gasteiger partial charge in [-0.2, -0.15) is 0 Å². The lowest BCUT2D eigenvalue weighted by Crippen LogP contribution is -2.53. The van der Waals surface area contributed by atoms with Crippen molar-refractivity contribution in [1.29, 1.82) is 0 Å². The van der Waals surface area contributed by atoms with Crippen molar-refractivity contribution in [2.24, 2.45) is 0 Å². The van der Waals surface area contributed by atoms with Crippen LogP contribution in [0.2, 0.25) is 0 Å². The van der Waals surface area contributed by atoms with E-state index in [1.54, 1.807) is 30.1 Å². The summed E-state index contributed by atoms with van der Waals surface area (Å²) in [5.41, 5.74) is 0.960. The number of carbonyl (C=O) groups excluding carboxylic acids is 3. The molecule has 168 valence electrons. The smallest absolute Gasteiger partial charge is 0.308 e. The van der Waals surface area contributed by atoms with Gasteiger partial charge in [-0.3, -0.25) is 19.4 Å². The Kier molecular flexibility index (Phi) is 6.31. The molecule has 3 heterocycles. The third kappa shape index (κ3) is 4.54. The van der Waals surface area contributed by atoms with Gasteiger partial charge in [-0.1, -0.05) is 0 Å². The number of aromatic nitrogens is 2. The van der Waals surface area contributed by atoms with Crippen LogP contribution in [0, 0.1) is 0 Å². The van der Waals surface area contributed by atoms with Crippen molar-refractivity contribution in [3.63, 3.8) is 0 Å².